The summed E-state index contributed by atoms with van der Waals surface area (Å²) in [6.07, 6.45) is 3.30. The SMILES string of the molecule is CCC(N)C1CCCN(C(C)=O)C1. The quantitative estimate of drug-likeness (QED) is 0.695. The number of carbonyl (C=O) groups is 1. The fourth-order valence-electron chi connectivity index (χ4n) is 1.98. The summed E-state index contributed by atoms with van der Waals surface area (Å²) in [7, 11) is 0. The van der Waals surface area contributed by atoms with Gasteiger partial charge in [-0.3, -0.25) is 4.79 Å². The molecule has 2 N–H and O–H groups in total. The third-order valence-electron chi connectivity index (χ3n) is 2.98. The van der Waals surface area contributed by atoms with Crippen LogP contribution in [0.2, 0.25) is 0 Å². The van der Waals surface area contributed by atoms with E-state index >= 15 is 0 Å². The Balaban J connectivity index is 2.46. The van der Waals surface area contributed by atoms with E-state index < -0.39 is 0 Å². The van der Waals surface area contributed by atoms with Gasteiger partial charge in [-0.1, -0.05) is 6.92 Å². The summed E-state index contributed by atoms with van der Waals surface area (Å²) < 4.78 is 0. The largest absolute Gasteiger partial charge is 0.343 e. The van der Waals surface area contributed by atoms with Crippen LogP contribution < -0.4 is 5.73 Å². The summed E-state index contributed by atoms with van der Waals surface area (Å²) >= 11 is 0. The minimum Gasteiger partial charge on any atom is -0.343 e. The monoisotopic (exact) mass is 184 g/mol. The molecule has 2 atom stereocenters. The van der Waals surface area contributed by atoms with Crippen molar-refractivity contribution in [1.29, 1.82) is 0 Å². The number of carbonyl (C=O) groups excluding carboxylic acids is 1. The maximum atomic E-state index is 11.1. The number of likely N-dealkylation sites (tertiary alicyclic amines) is 1. The zero-order chi connectivity index (χ0) is 9.84. The molecule has 0 spiro atoms. The van der Waals surface area contributed by atoms with Crippen molar-refractivity contribution >= 4 is 5.91 Å². The lowest BCUT2D eigenvalue weighted by molar-refractivity contribution is -0.130. The molecule has 0 aromatic carbocycles. The van der Waals surface area contributed by atoms with Gasteiger partial charge in [-0.2, -0.15) is 0 Å². The van der Waals surface area contributed by atoms with Crippen molar-refractivity contribution in [3.05, 3.63) is 0 Å². The van der Waals surface area contributed by atoms with Crippen molar-refractivity contribution < 1.29 is 4.79 Å². The van der Waals surface area contributed by atoms with E-state index in [2.05, 4.69) is 6.92 Å². The van der Waals surface area contributed by atoms with Crippen molar-refractivity contribution in [3.63, 3.8) is 0 Å². The molecule has 1 aliphatic heterocycles. The predicted molar refractivity (Wildman–Crippen MR) is 53.2 cm³/mol. The first-order chi connectivity index (χ1) is 6.15. The normalized spacial score (nSPS) is 25.8. The van der Waals surface area contributed by atoms with Crippen molar-refractivity contribution in [2.24, 2.45) is 11.7 Å². The maximum Gasteiger partial charge on any atom is 0.219 e. The molecule has 1 heterocycles. The summed E-state index contributed by atoms with van der Waals surface area (Å²) in [5, 5.41) is 0. The molecule has 0 radical (unpaired) electrons. The van der Waals surface area contributed by atoms with Gasteiger partial charge in [0.2, 0.25) is 5.91 Å². The molecule has 0 saturated carbocycles. The Morgan fingerprint density at radius 3 is 2.92 bits per heavy atom. The van der Waals surface area contributed by atoms with Crippen LogP contribution in [0.3, 0.4) is 0 Å². The molecule has 0 bridgehead atoms. The van der Waals surface area contributed by atoms with Crippen molar-refractivity contribution in [2.45, 2.75) is 39.2 Å². The number of rotatable bonds is 2. The molecule has 1 rings (SSSR count). The standard InChI is InChI=1S/C10H20N2O/c1-3-10(11)9-5-4-6-12(7-9)8(2)13/h9-10H,3-7,11H2,1-2H3. The summed E-state index contributed by atoms with van der Waals surface area (Å²) in [5.74, 6) is 0.704. The lowest BCUT2D eigenvalue weighted by Gasteiger charge is -2.34. The molecule has 3 heteroatoms. The van der Waals surface area contributed by atoms with Crippen molar-refractivity contribution in [2.75, 3.05) is 13.1 Å². The molecule has 2 unspecified atom stereocenters. The van der Waals surface area contributed by atoms with Gasteiger partial charge in [0.1, 0.15) is 0 Å². The van der Waals surface area contributed by atoms with Gasteiger partial charge >= 0.3 is 0 Å². The summed E-state index contributed by atoms with van der Waals surface area (Å²) in [6, 6.07) is 0.266. The molecule has 76 valence electrons. The second-order valence-corrected chi connectivity index (χ2v) is 3.94. The maximum absolute atomic E-state index is 11.1. The van der Waals surface area contributed by atoms with Gasteiger partial charge in [-0.05, 0) is 25.2 Å². The van der Waals surface area contributed by atoms with Crippen LogP contribution in [0.15, 0.2) is 0 Å². The van der Waals surface area contributed by atoms with Gasteiger partial charge in [0.15, 0.2) is 0 Å². The van der Waals surface area contributed by atoms with Crippen molar-refractivity contribution in [3.8, 4) is 0 Å². The minimum absolute atomic E-state index is 0.188. The fraction of sp³-hybridized carbons (Fsp3) is 0.900. The molecule has 0 aliphatic carbocycles. The number of nitrogens with two attached hydrogens (primary N) is 1. The highest BCUT2D eigenvalue weighted by Gasteiger charge is 2.24. The summed E-state index contributed by atoms with van der Waals surface area (Å²) in [4.78, 5) is 13.1. The third-order valence-corrected chi connectivity index (χ3v) is 2.98. The van der Waals surface area contributed by atoms with Crippen LogP contribution in [0.1, 0.15) is 33.1 Å². The van der Waals surface area contributed by atoms with Gasteiger partial charge in [-0.15, -0.1) is 0 Å². The Kier molecular flexibility index (Phi) is 3.72. The smallest absolute Gasteiger partial charge is 0.219 e. The Morgan fingerprint density at radius 1 is 1.69 bits per heavy atom. The molecule has 13 heavy (non-hydrogen) atoms. The minimum atomic E-state index is 0.188. The molecular formula is C10H20N2O. The average Bonchev–Trinajstić information content (AvgIpc) is 2.17. The molecule has 0 aromatic rings. The van der Waals surface area contributed by atoms with E-state index in [0.29, 0.717) is 5.92 Å². The first kappa shape index (κ1) is 10.5. The average molecular weight is 184 g/mol. The summed E-state index contributed by atoms with van der Waals surface area (Å²) in [6.45, 7) is 5.53. The number of nitrogens with zero attached hydrogens (tertiary/aromatic N) is 1. The second-order valence-electron chi connectivity index (χ2n) is 3.94. The Labute approximate surface area is 80.3 Å². The van der Waals surface area contributed by atoms with Crippen LogP contribution in [0.25, 0.3) is 0 Å². The van der Waals surface area contributed by atoms with Gasteiger partial charge in [0, 0.05) is 26.1 Å². The van der Waals surface area contributed by atoms with Crippen LogP contribution >= 0.6 is 0 Å². The predicted octanol–water partition coefficient (Wildman–Crippen LogP) is 0.982. The fourth-order valence-corrected chi connectivity index (χ4v) is 1.98. The highest BCUT2D eigenvalue weighted by molar-refractivity contribution is 5.73. The van der Waals surface area contributed by atoms with E-state index in [1.54, 1.807) is 6.92 Å². The van der Waals surface area contributed by atoms with E-state index in [1.165, 1.54) is 6.42 Å². The molecule has 0 aromatic heterocycles. The Bertz CT molecular complexity index is 182. The number of piperidine rings is 1. The Morgan fingerprint density at radius 2 is 2.38 bits per heavy atom. The van der Waals surface area contributed by atoms with Crippen LogP contribution in [0.5, 0.6) is 0 Å². The van der Waals surface area contributed by atoms with Gasteiger partial charge in [0.25, 0.3) is 0 Å². The third kappa shape index (κ3) is 2.69. The molecule has 1 amide bonds. The highest BCUT2D eigenvalue weighted by atomic mass is 16.2. The highest BCUT2D eigenvalue weighted by Crippen LogP contribution is 2.20. The van der Waals surface area contributed by atoms with Crippen LogP contribution in [-0.4, -0.2) is 29.9 Å². The van der Waals surface area contributed by atoms with E-state index in [9.17, 15) is 4.79 Å². The van der Waals surface area contributed by atoms with E-state index in [4.69, 9.17) is 5.73 Å². The van der Waals surface area contributed by atoms with Gasteiger partial charge in [-0.25, -0.2) is 0 Å². The van der Waals surface area contributed by atoms with Crippen LogP contribution in [0.4, 0.5) is 0 Å². The molecule has 1 aliphatic rings. The van der Waals surface area contributed by atoms with E-state index in [-0.39, 0.29) is 11.9 Å². The topological polar surface area (TPSA) is 46.3 Å². The van der Waals surface area contributed by atoms with Gasteiger partial charge in [0.05, 0.1) is 0 Å². The lowest BCUT2D eigenvalue weighted by Crippen LogP contribution is -2.45. The van der Waals surface area contributed by atoms with Gasteiger partial charge < -0.3 is 10.6 Å². The Hall–Kier alpha value is -0.570. The van der Waals surface area contributed by atoms with Crippen LogP contribution in [-0.2, 0) is 4.79 Å². The zero-order valence-corrected chi connectivity index (χ0v) is 8.62. The second kappa shape index (κ2) is 4.61. The molecule has 1 saturated heterocycles. The molecule has 1 fully saturated rings. The van der Waals surface area contributed by atoms with E-state index in [0.717, 1.165) is 25.9 Å². The van der Waals surface area contributed by atoms with E-state index in [1.807, 2.05) is 4.90 Å². The van der Waals surface area contributed by atoms with Crippen molar-refractivity contribution in [1.82, 2.24) is 4.90 Å². The van der Waals surface area contributed by atoms with Crippen LogP contribution in [0, 0.1) is 5.92 Å². The summed E-state index contributed by atoms with van der Waals surface area (Å²) in [5.41, 5.74) is 5.97. The molecular weight excluding hydrogens is 164 g/mol. The number of hydrogen-bond donors (Lipinski definition) is 1. The number of amides is 1. The first-order valence-corrected chi connectivity index (χ1v) is 5.16. The lowest BCUT2D eigenvalue weighted by atomic mass is 9.90. The zero-order valence-electron chi connectivity index (χ0n) is 8.62. The molecule has 3 nitrogen and oxygen atoms in total. The number of hydrogen-bond acceptors (Lipinski definition) is 2. The first-order valence-electron chi connectivity index (χ1n) is 5.16.